The molecule has 8 heteroatoms. The van der Waals surface area contributed by atoms with E-state index in [0.29, 0.717) is 12.5 Å². The number of nitrogens with one attached hydrogen (secondary N) is 1. The quantitative estimate of drug-likeness (QED) is 0.603. The third-order valence-electron chi connectivity index (χ3n) is 3.98. The van der Waals surface area contributed by atoms with Gasteiger partial charge in [0.25, 0.3) is 0 Å². The largest absolute Gasteiger partial charge is 0.378 e. The molecule has 3 aromatic heterocycles. The van der Waals surface area contributed by atoms with Crippen molar-refractivity contribution in [1.82, 2.24) is 34.6 Å². The van der Waals surface area contributed by atoms with Gasteiger partial charge in [0.15, 0.2) is 0 Å². The molecule has 0 saturated heterocycles. The molecule has 25 heavy (non-hydrogen) atoms. The lowest BCUT2D eigenvalue weighted by Gasteiger charge is -2.11. The fourth-order valence-electron chi connectivity index (χ4n) is 2.56. The Morgan fingerprint density at radius 1 is 1.12 bits per heavy atom. The minimum Gasteiger partial charge on any atom is -0.378 e. The van der Waals surface area contributed by atoms with E-state index in [0.717, 1.165) is 28.3 Å². The lowest BCUT2D eigenvalue weighted by molar-refractivity contribution is 0.762. The molecule has 1 N–H and O–H groups in total. The van der Waals surface area contributed by atoms with Crippen molar-refractivity contribution in [3.05, 3.63) is 60.6 Å². The fourth-order valence-corrected chi connectivity index (χ4v) is 2.56. The molecule has 0 aliphatic rings. The first-order valence-corrected chi connectivity index (χ1v) is 8.09. The highest BCUT2D eigenvalue weighted by molar-refractivity contribution is 5.66. The molecule has 0 unspecified atom stereocenters. The van der Waals surface area contributed by atoms with Crippen molar-refractivity contribution in [2.24, 2.45) is 0 Å². The van der Waals surface area contributed by atoms with Crippen molar-refractivity contribution in [2.75, 3.05) is 5.32 Å². The number of hydrogen-bond donors (Lipinski definition) is 1. The van der Waals surface area contributed by atoms with Crippen LogP contribution in [0.15, 0.2) is 49.3 Å². The fraction of sp³-hybridized carbons (Fsp3) is 0.235. The van der Waals surface area contributed by atoms with Gasteiger partial charge in [0.05, 0.1) is 17.1 Å². The van der Waals surface area contributed by atoms with E-state index in [4.69, 9.17) is 0 Å². The third kappa shape index (κ3) is 3.06. The van der Waals surface area contributed by atoms with Gasteiger partial charge in [0, 0.05) is 6.54 Å². The minimum absolute atomic E-state index is 0.328. The zero-order chi connectivity index (χ0) is 17.2. The van der Waals surface area contributed by atoms with Crippen LogP contribution in [0.5, 0.6) is 0 Å². The van der Waals surface area contributed by atoms with Crippen LogP contribution in [0.2, 0.25) is 0 Å². The van der Waals surface area contributed by atoms with Gasteiger partial charge in [0.2, 0.25) is 5.65 Å². The molecular formula is C17H18N8. The molecule has 0 radical (unpaired) electrons. The summed E-state index contributed by atoms with van der Waals surface area (Å²) in [5, 5.41) is 20.2. The number of rotatable bonds is 5. The van der Waals surface area contributed by atoms with Crippen LogP contribution in [0.4, 0.5) is 5.69 Å². The highest BCUT2D eigenvalue weighted by Gasteiger charge is 2.10. The molecular weight excluding hydrogens is 316 g/mol. The Labute approximate surface area is 144 Å². The first-order chi connectivity index (χ1) is 12.2. The summed E-state index contributed by atoms with van der Waals surface area (Å²) in [6, 6.07) is 10.2. The maximum atomic E-state index is 4.53. The van der Waals surface area contributed by atoms with E-state index in [2.05, 4.69) is 56.7 Å². The molecule has 0 saturated carbocycles. The Morgan fingerprint density at radius 3 is 2.68 bits per heavy atom. The summed E-state index contributed by atoms with van der Waals surface area (Å²) >= 11 is 0. The number of anilines is 1. The molecule has 1 aromatic carbocycles. The van der Waals surface area contributed by atoms with Crippen LogP contribution in [0.3, 0.4) is 0 Å². The van der Waals surface area contributed by atoms with Crippen LogP contribution in [0.25, 0.3) is 11.3 Å². The summed E-state index contributed by atoms with van der Waals surface area (Å²) in [5.74, 6) is 0.328. The Bertz CT molecular complexity index is 970. The third-order valence-corrected chi connectivity index (χ3v) is 3.98. The molecule has 126 valence electrons. The monoisotopic (exact) mass is 334 g/mol. The highest BCUT2D eigenvalue weighted by atomic mass is 15.3. The summed E-state index contributed by atoms with van der Waals surface area (Å²) in [4.78, 5) is 3.96. The van der Waals surface area contributed by atoms with Crippen LogP contribution in [0.1, 0.15) is 31.0 Å². The Kier molecular flexibility index (Phi) is 3.85. The summed E-state index contributed by atoms with van der Waals surface area (Å²) in [6.07, 6.45) is 4.83. The standard InChI is InChI=1S/C17H18N8/c1-12(2)15-7-16(17-22-20-11-25(17)23-15)19-8-13-3-5-14(6-4-13)24-10-18-9-21-24/h3-7,9-12,19H,8H2,1-2H3. The predicted molar refractivity (Wildman–Crippen MR) is 93.6 cm³/mol. The molecule has 0 aliphatic carbocycles. The van der Waals surface area contributed by atoms with E-state index >= 15 is 0 Å². The van der Waals surface area contributed by atoms with E-state index in [1.807, 2.05) is 18.2 Å². The van der Waals surface area contributed by atoms with Gasteiger partial charge in [-0.05, 0) is 29.7 Å². The zero-order valence-electron chi connectivity index (χ0n) is 14.0. The van der Waals surface area contributed by atoms with E-state index in [9.17, 15) is 0 Å². The van der Waals surface area contributed by atoms with Gasteiger partial charge in [0.1, 0.15) is 19.0 Å². The molecule has 0 spiro atoms. The van der Waals surface area contributed by atoms with Crippen molar-refractivity contribution in [2.45, 2.75) is 26.3 Å². The van der Waals surface area contributed by atoms with Gasteiger partial charge in [-0.3, -0.25) is 0 Å². The lowest BCUT2D eigenvalue weighted by atomic mass is 10.1. The van der Waals surface area contributed by atoms with Crippen molar-refractivity contribution >= 4 is 11.3 Å². The SMILES string of the molecule is CC(C)c1cc(NCc2ccc(-n3cncn3)cc2)c2nncn2n1. The van der Waals surface area contributed by atoms with Crippen molar-refractivity contribution in [3.8, 4) is 5.69 Å². The van der Waals surface area contributed by atoms with Gasteiger partial charge in [-0.25, -0.2) is 9.67 Å². The normalized spacial score (nSPS) is 11.3. The van der Waals surface area contributed by atoms with Gasteiger partial charge in [-0.1, -0.05) is 26.0 Å². The van der Waals surface area contributed by atoms with E-state index < -0.39 is 0 Å². The van der Waals surface area contributed by atoms with Crippen LogP contribution in [-0.4, -0.2) is 34.6 Å². The lowest BCUT2D eigenvalue weighted by Crippen LogP contribution is -2.06. The second kappa shape index (κ2) is 6.31. The number of nitrogens with zero attached hydrogens (tertiary/aromatic N) is 7. The topological polar surface area (TPSA) is 85.8 Å². The summed E-state index contributed by atoms with van der Waals surface area (Å²) in [7, 11) is 0. The summed E-state index contributed by atoms with van der Waals surface area (Å²) in [6.45, 7) is 4.91. The van der Waals surface area contributed by atoms with Gasteiger partial charge >= 0.3 is 0 Å². The highest BCUT2D eigenvalue weighted by Crippen LogP contribution is 2.21. The molecule has 0 atom stereocenters. The van der Waals surface area contributed by atoms with Crippen LogP contribution in [-0.2, 0) is 6.54 Å². The van der Waals surface area contributed by atoms with Crippen LogP contribution < -0.4 is 5.32 Å². The molecule has 0 fully saturated rings. The molecule has 0 bridgehead atoms. The van der Waals surface area contributed by atoms with Crippen LogP contribution in [0, 0.1) is 0 Å². The van der Waals surface area contributed by atoms with Crippen LogP contribution >= 0.6 is 0 Å². The summed E-state index contributed by atoms with van der Waals surface area (Å²) < 4.78 is 3.44. The number of benzene rings is 1. The van der Waals surface area contributed by atoms with Crippen molar-refractivity contribution in [3.63, 3.8) is 0 Å². The predicted octanol–water partition coefficient (Wildman–Crippen LogP) is 2.44. The number of hydrogen-bond acceptors (Lipinski definition) is 6. The first-order valence-electron chi connectivity index (χ1n) is 8.09. The van der Waals surface area contributed by atoms with E-state index in [-0.39, 0.29) is 0 Å². The average Bonchev–Trinajstić information content (AvgIpc) is 3.31. The molecule has 3 heterocycles. The van der Waals surface area contributed by atoms with Crippen molar-refractivity contribution in [1.29, 1.82) is 0 Å². The molecule has 8 nitrogen and oxygen atoms in total. The maximum Gasteiger partial charge on any atom is 0.200 e. The smallest absolute Gasteiger partial charge is 0.200 e. The Morgan fingerprint density at radius 2 is 1.96 bits per heavy atom. The Balaban J connectivity index is 1.55. The number of fused-ring (bicyclic) bond motifs is 1. The van der Waals surface area contributed by atoms with Gasteiger partial charge in [-0.15, -0.1) is 10.2 Å². The molecule has 4 aromatic rings. The summed E-state index contributed by atoms with van der Waals surface area (Å²) in [5.41, 5.74) is 4.79. The molecule has 0 aliphatic heterocycles. The maximum absolute atomic E-state index is 4.53. The number of aromatic nitrogens is 7. The average molecular weight is 334 g/mol. The minimum atomic E-state index is 0.328. The molecule has 4 rings (SSSR count). The van der Waals surface area contributed by atoms with Gasteiger partial charge in [-0.2, -0.15) is 14.7 Å². The second-order valence-electron chi connectivity index (χ2n) is 6.10. The van der Waals surface area contributed by atoms with E-state index in [1.165, 1.54) is 6.33 Å². The van der Waals surface area contributed by atoms with Crippen molar-refractivity contribution < 1.29 is 0 Å². The second-order valence-corrected chi connectivity index (χ2v) is 6.10. The molecule has 0 amide bonds. The van der Waals surface area contributed by atoms with E-state index in [1.54, 1.807) is 21.9 Å². The van der Waals surface area contributed by atoms with Gasteiger partial charge < -0.3 is 5.32 Å². The first kappa shape index (κ1) is 15.3. The Hall–Kier alpha value is -3.29. The zero-order valence-corrected chi connectivity index (χ0v) is 14.0.